The fraction of sp³-hybridized carbons (Fsp3) is 0.176. The number of aliphatic hydroxyl groups is 1. The third kappa shape index (κ3) is 3.94. The number of carbonyl (C=O) groups is 1. The predicted molar refractivity (Wildman–Crippen MR) is 102 cm³/mol. The molecule has 1 unspecified atom stereocenters. The van der Waals surface area contributed by atoms with Gasteiger partial charge in [-0.15, -0.1) is 0 Å². The van der Waals surface area contributed by atoms with Gasteiger partial charge in [0.15, 0.2) is 0 Å². The number of furan rings is 1. The van der Waals surface area contributed by atoms with E-state index >= 15 is 0 Å². The van der Waals surface area contributed by atoms with Gasteiger partial charge in [0.2, 0.25) is 5.76 Å². The van der Waals surface area contributed by atoms with Crippen LogP contribution >= 0.6 is 22.6 Å². The monoisotopic (exact) mass is 471 g/mol. The number of hydroxylamine groups is 1. The van der Waals surface area contributed by atoms with Gasteiger partial charge >= 0.3 is 5.91 Å². The van der Waals surface area contributed by atoms with Crippen LogP contribution in [0.3, 0.4) is 0 Å². The number of amides is 1. The highest BCUT2D eigenvalue weighted by molar-refractivity contribution is 14.1. The number of fused-ring (bicyclic) bond motifs is 1. The van der Waals surface area contributed by atoms with Crippen LogP contribution in [-0.4, -0.2) is 28.7 Å². The lowest BCUT2D eigenvalue weighted by Gasteiger charge is -2.11. The molecule has 0 aliphatic heterocycles. The van der Waals surface area contributed by atoms with Gasteiger partial charge in [0.25, 0.3) is 0 Å². The van der Waals surface area contributed by atoms with Gasteiger partial charge in [-0.25, -0.2) is 9.87 Å². The minimum absolute atomic E-state index is 0.0870. The molecule has 1 aromatic carbocycles. The highest BCUT2D eigenvalue weighted by Crippen LogP contribution is 2.33. The van der Waals surface area contributed by atoms with Crippen molar-refractivity contribution < 1.29 is 23.5 Å². The van der Waals surface area contributed by atoms with E-state index in [1.165, 1.54) is 18.5 Å². The molecule has 1 atom stereocenters. The summed E-state index contributed by atoms with van der Waals surface area (Å²) in [5, 5.41) is 12.4. The molecule has 7 nitrogen and oxygen atoms in total. The van der Waals surface area contributed by atoms with Crippen molar-refractivity contribution in [2.75, 3.05) is 11.9 Å². The topological polar surface area (TPSA) is 96.6 Å². The zero-order valence-electron chi connectivity index (χ0n) is 13.6. The van der Waals surface area contributed by atoms with Crippen molar-refractivity contribution in [3.8, 4) is 0 Å². The molecule has 26 heavy (non-hydrogen) atoms. The summed E-state index contributed by atoms with van der Waals surface area (Å²) in [5.74, 6) is -1.22. The predicted octanol–water partition coefficient (Wildman–Crippen LogP) is 3.36. The lowest BCUT2D eigenvalue weighted by molar-refractivity contribution is -0.0313. The molecule has 3 aromatic rings. The number of hydrogen-bond donors (Lipinski definition) is 3. The number of benzene rings is 1. The summed E-state index contributed by atoms with van der Waals surface area (Å²) in [6, 6.07) is 6.27. The lowest BCUT2D eigenvalue weighted by atomic mass is 10.2. The number of pyridine rings is 1. The molecule has 3 rings (SSSR count). The number of aliphatic hydroxyl groups excluding tert-OH is 1. The highest BCUT2D eigenvalue weighted by atomic mass is 127. The van der Waals surface area contributed by atoms with E-state index < -0.39 is 17.8 Å². The van der Waals surface area contributed by atoms with Gasteiger partial charge < -0.3 is 14.8 Å². The van der Waals surface area contributed by atoms with Gasteiger partial charge in [-0.3, -0.25) is 14.6 Å². The molecule has 0 fully saturated rings. The minimum atomic E-state index is -0.671. The van der Waals surface area contributed by atoms with Gasteiger partial charge in [0, 0.05) is 16.0 Å². The van der Waals surface area contributed by atoms with Crippen LogP contribution in [0.5, 0.6) is 0 Å². The van der Waals surface area contributed by atoms with E-state index in [2.05, 4.69) is 15.8 Å². The summed E-state index contributed by atoms with van der Waals surface area (Å²) in [5.41, 5.74) is 3.08. The molecule has 9 heteroatoms. The number of anilines is 2. The average Bonchev–Trinajstić information content (AvgIpc) is 3.00. The first-order chi connectivity index (χ1) is 12.5. The third-order valence-electron chi connectivity index (χ3n) is 3.50. The average molecular weight is 471 g/mol. The number of aromatic nitrogens is 1. The second-order valence-corrected chi connectivity index (χ2v) is 6.72. The van der Waals surface area contributed by atoms with Crippen LogP contribution < -0.4 is 10.8 Å². The Labute approximate surface area is 161 Å². The van der Waals surface area contributed by atoms with Crippen molar-refractivity contribution >= 4 is 50.8 Å². The lowest BCUT2D eigenvalue weighted by Crippen LogP contribution is -2.30. The van der Waals surface area contributed by atoms with E-state index in [9.17, 15) is 9.18 Å². The summed E-state index contributed by atoms with van der Waals surface area (Å²) in [6.07, 6.45) is 2.45. The second kappa shape index (κ2) is 7.98. The van der Waals surface area contributed by atoms with Crippen LogP contribution in [0.4, 0.5) is 15.8 Å². The van der Waals surface area contributed by atoms with Crippen molar-refractivity contribution in [1.29, 1.82) is 0 Å². The van der Waals surface area contributed by atoms with Crippen molar-refractivity contribution in [2.45, 2.75) is 13.0 Å². The molecule has 2 heterocycles. The quantitative estimate of drug-likeness (QED) is 0.377. The Morgan fingerprint density at radius 3 is 3.00 bits per heavy atom. The minimum Gasteiger partial charge on any atom is -0.448 e. The summed E-state index contributed by atoms with van der Waals surface area (Å²) in [6.45, 7) is 1.33. The Morgan fingerprint density at radius 1 is 1.46 bits per heavy atom. The van der Waals surface area contributed by atoms with Crippen LogP contribution in [0.1, 0.15) is 17.5 Å². The van der Waals surface area contributed by atoms with Crippen LogP contribution in [0, 0.1) is 9.39 Å². The van der Waals surface area contributed by atoms with Gasteiger partial charge in [-0.05, 0) is 53.8 Å². The van der Waals surface area contributed by atoms with E-state index in [-0.39, 0.29) is 23.7 Å². The number of rotatable bonds is 6. The van der Waals surface area contributed by atoms with E-state index in [0.717, 1.165) is 3.57 Å². The molecule has 1 amide bonds. The van der Waals surface area contributed by atoms with Gasteiger partial charge in [-0.2, -0.15) is 0 Å². The first-order valence-electron chi connectivity index (χ1n) is 7.65. The van der Waals surface area contributed by atoms with Crippen LogP contribution in [0.15, 0.2) is 41.1 Å². The smallest absolute Gasteiger partial charge is 0.312 e. The van der Waals surface area contributed by atoms with E-state index in [0.29, 0.717) is 11.0 Å². The fourth-order valence-corrected chi connectivity index (χ4v) is 2.64. The molecule has 0 aliphatic rings. The first kappa shape index (κ1) is 18.5. The standard InChI is InChI=1S/C17H15FIN3O4/c1-9(8-23)26-22-17(24)16-15(11-7-20-5-4-14(11)25-16)21-13-3-2-10(19)6-12(13)18/h2-7,9,21,23H,8H2,1H3,(H,22,24). The summed E-state index contributed by atoms with van der Waals surface area (Å²) < 4.78 is 20.5. The van der Waals surface area contributed by atoms with Crippen molar-refractivity contribution in [3.05, 3.63) is 51.8 Å². The summed E-state index contributed by atoms with van der Waals surface area (Å²) in [7, 11) is 0. The molecule has 0 saturated heterocycles. The molecule has 0 aliphatic carbocycles. The Balaban J connectivity index is 1.98. The number of nitrogens with one attached hydrogen (secondary N) is 2. The number of hydrogen-bond acceptors (Lipinski definition) is 6. The Morgan fingerprint density at radius 2 is 2.27 bits per heavy atom. The third-order valence-corrected chi connectivity index (χ3v) is 4.17. The Bertz CT molecular complexity index is 947. The van der Waals surface area contributed by atoms with Gasteiger partial charge in [-0.1, -0.05) is 0 Å². The maximum absolute atomic E-state index is 14.2. The Hall–Kier alpha value is -2.24. The van der Waals surface area contributed by atoms with Crippen molar-refractivity contribution in [2.24, 2.45) is 0 Å². The molecule has 0 bridgehead atoms. The number of halogens is 2. The number of nitrogens with zero attached hydrogens (tertiary/aromatic N) is 1. The Kier molecular flexibility index (Phi) is 5.69. The molecular formula is C17H15FIN3O4. The normalized spacial score (nSPS) is 12.2. The van der Waals surface area contributed by atoms with E-state index in [4.69, 9.17) is 14.4 Å². The van der Waals surface area contributed by atoms with Crippen LogP contribution in [0.25, 0.3) is 11.0 Å². The maximum atomic E-state index is 14.2. The van der Waals surface area contributed by atoms with Gasteiger partial charge in [0.1, 0.15) is 23.2 Å². The maximum Gasteiger partial charge on any atom is 0.312 e. The van der Waals surface area contributed by atoms with Crippen molar-refractivity contribution in [3.63, 3.8) is 0 Å². The second-order valence-electron chi connectivity index (χ2n) is 5.47. The molecule has 0 saturated carbocycles. The van der Waals surface area contributed by atoms with Crippen LogP contribution in [0.2, 0.25) is 0 Å². The number of carbonyl (C=O) groups excluding carboxylic acids is 1. The molecule has 2 aromatic heterocycles. The van der Waals surface area contributed by atoms with E-state index in [1.54, 1.807) is 25.1 Å². The molecule has 3 N–H and O–H groups in total. The molecule has 0 radical (unpaired) electrons. The van der Waals surface area contributed by atoms with Gasteiger partial charge in [0.05, 0.1) is 17.7 Å². The van der Waals surface area contributed by atoms with E-state index in [1.807, 2.05) is 22.6 Å². The molecule has 136 valence electrons. The van der Waals surface area contributed by atoms with Crippen molar-refractivity contribution in [1.82, 2.24) is 10.5 Å². The molecule has 0 spiro atoms. The molecular weight excluding hydrogens is 456 g/mol. The zero-order valence-corrected chi connectivity index (χ0v) is 15.8. The fourth-order valence-electron chi connectivity index (χ4n) is 2.19. The summed E-state index contributed by atoms with van der Waals surface area (Å²) in [4.78, 5) is 21.5. The van der Waals surface area contributed by atoms with Crippen LogP contribution in [-0.2, 0) is 4.84 Å². The summed E-state index contributed by atoms with van der Waals surface area (Å²) >= 11 is 2.01. The highest BCUT2D eigenvalue weighted by Gasteiger charge is 2.22. The zero-order chi connectivity index (χ0) is 18.7. The SMILES string of the molecule is CC(CO)ONC(=O)c1oc2ccncc2c1Nc1ccc(I)cc1F. The first-order valence-corrected chi connectivity index (χ1v) is 8.73. The largest absolute Gasteiger partial charge is 0.448 e.